The highest BCUT2D eigenvalue weighted by Gasteiger charge is 2.47. The molecule has 0 bridgehead atoms. The molecule has 33 heavy (non-hydrogen) atoms. The highest BCUT2D eigenvalue weighted by molar-refractivity contribution is 5.89. The second-order valence-electron chi connectivity index (χ2n) is 8.38. The van der Waals surface area contributed by atoms with Gasteiger partial charge in [0.25, 0.3) is 5.92 Å². The standard InChI is InChI=1S/C21H23F3N8O/c1-12(22)9-32-16-8-13(4-5-15(16)27-29-32)14-6-7-31-18(14)19(33-3)26-20(28-31)25-17-10-30(2)11-21(17,23)24/h4-8,12,17H,9-11H2,1-3H3,(H,25,28)/t12-,17+/m0/s1. The first-order valence-corrected chi connectivity index (χ1v) is 10.5. The second kappa shape index (κ2) is 7.87. The van der Waals surface area contributed by atoms with E-state index in [1.165, 1.54) is 18.7 Å². The minimum atomic E-state index is -2.90. The SMILES string of the molecule is COc1nc(N[C@@H]2CN(C)CC2(F)F)nn2ccc(-c3ccc4nnn(C[C@H](C)F)c4c3)c12. The molecule has 0 unspecified atom stereocenters. The predicted molar refractivity (Wildman–Crippen MR) is 116 cm³/mol. The van der Waals surface area contributed by atoms with Crippen LogP contribution in [0.15, 0.2) is 30.5 Å². The number of alkyl halides is 3. The molecule has 1 aliphatic rings. The number of hydrogen-bond acceptors (Lipinski definition) is 7. The maximum Gasteiger partial charge on any atom is 0.281 e. The van der Waals surface area contributed by atoms with E-state index in [1.54, 1.807) is 22.7 Å². The van der Waals surface area contributed by atoms with Crippen molar-refractivity contribution >= 4 is 22.5 Å². The number of hydrogen-bond donors (Lipinski definition) is 1. The Morgan fingerprint density at radius 1 is 1.30 bits per heavy atom. The van der Waals surface area contributed by atoms with Crippen molar-refractivity contribution in [2.75, 3.05) is 32.6 Å². The van der Waals surface area contributed by atoms with Crippen molar-refractivity contribution in [3.05, 3.63) is 30.5 Å². The van der Waals surface area contributed by atoms with Crippen LogP contribution in [0.4, 0.5) is 19.1 Å². The molecule has 0 aliphatic carbocycles. The summed E-state index contributed by atoms with van der Waals surface area (Å²) in [7, 11) is 3.11. The summed E-state index contributed by atoms with van der Waals surface area (Å²) in [6.45, 7) is 1.41. The number of methoxy groups -OCH3 is 1. The van der Waals surface area contributed by atoms with Gasteiger partial charge in [-0.25, -0.2) is 22.4 Å². The molecule has 174 valence electrons. The minimum absolute atomic E-state index is 0.0520. The van der Waals surface area contributed by atoms with Gasteiger partial charge in [-0.2, -0.15) is 4.98 Å². The average molecular weight is 460 g/mol. The maximum absolute atomic E-state index is 14.2. The first-order valence-electron chi connectivity index (χ1n) is 10.5. The summed E-state index contributed by atoms with van der Waals surface area (Å²) < 4.78 is 50.6. The van der Waals surface area contributed by atoms with E-state index < -0.39 is 18.1 Å². The molecular weight excluding hydrogens is 437 g/mol. The van der Waals surface area contributed by atoms with Gasteiger partial charge in [0, 0.05) is 18.3 Å². The molecule has 2 atom stereocenters. The van der Waals surface area contributed by atoms with Crippen molar-refractivity contribution in [3.63, 3.8) is 0 Å². The van der Waals surface area contributed by atoms with Crippen LogP contribution in [0.5, 0.6) is 5.88 Å². The molecule has 4 heterocycles. The molecule has 1 aromatic carbocycles. The quantitative estimate of drug-likeness (QED) is 0.474. The van der Waals surface area contributed by atoms with Gasteiger partial charge in [0.15, 0.2) is 0 Å². The van der Waals surface area contributed by atoms with Crippen LogP contribution < -0.4 is 10.1 Å². The summed E-state index contributed by atoms with van der Waals surface area (Å²) >= 11 is 0. The molecule has 12 heteroatoms. The minimum Gasteiger partial charge on any atom is -0.479 e. The number of aromatic nitrogens is 6. The molecular formula is C21H23F3N8O. The van der Waals surface area contributed by atoms with Crippen molar-refractivity contribution < 1.29 is 17.9 Å². The van der Waals surface area contributed by atoms with E-state index in [0.717, 1.165) is 11.1 Å². The lowest BCUT2D eigenvalue weighted by molar-refractivity contribution is 0.00583. The molecule has 1 N–H and O–H groups in total. The van der Waals surface area contributed by atoms with Crippen molar-refractivity contribution in [1.82, 2.24) is 34.5 Å². The van der Waals surface area contributed by atoms with Crippen molar-refractivity contribution in [3.8, 4) is 17.0 Å². The van der Waals surface area contributed by atoms with E-state index in [2.05, 4.69) is 25.7 Å². The number of benzene rings is 1. The molecule has 5 rings (SSSR count). The van der Waals surface area contributed by atoms with Crippen LogP contribution in [0.3, 0.4) is 0 Å². The van der Waals surface area contributed by atoms with E-state index >= 15 is 0 Å². The van der Waals surface area contributed by atoms with E-state index in [1.807, 2.05) is 24.3 Å². The Morgan fingerprint density at radius 3 is 2.82 bits per heavy atom. The maximum atomic E-state index is 14.2. The molecule has 1 aliphatic heterocycles. The zero-order valence-electron chi connectivity index (χ0n) is 18.3. The molecule has 0 radical (unpaired) electrons. The predicted octanol–water partition coefficient (Wildman–Crippen LogP) is 2.87. The first kappa shape index (κ1) is 21.4. The third-order valence-electron chi connectivity index (χ3n) is 5.71. The van der Waals surface area contributed by atoms with Gasteiger partial charge in [-0.05, 0) is 37.7 Å². The fourth-order valence-electron chi connectivity index (χ4n) is 4.22. The molecule has 0 amide bonds. The van der Waals surface area contributed by atoms with E-state index in [4.69, 9.17) is 4.74 Å². The van der Waals surface area contributed by atoms with Gasteiger partial charge >= 0.3 is 0 Å². The zero-order chi connectivity index (χ0) is 23.3. The number of likely N-dealkylation sites (tertiary alicyclic amines) is 1. The number of anilines is 1. The number of rotatable bonds is 6. The molecule has 0 saturated carbocycles. The summed E-state index contributed by atoms with van der Waals surface area (Å²) in [5.41, 5.74) is 3.51. The van der Waals surface area contributed by atoms with Crippen LogP contribution in [0.1, 0.15) is 6.92 Å². The highest BCUT2D eigenvalue weighted by atomic mass is 19.3. The van der Waals surface area contributed by atoms with Gasteiger partial charge < -0.3 is 10.1 Å². The summed E-state index contributed by atoms with van der Waals surface area (Å²) in [5.74, 6) is -2.60. The fraction of sp³-hybridized carbons (Fsp3) is 0.429. The second-order valence-corrected chi connectivity index (χ2v) is 8.38. The van der Waals surface area contributed by atoms with Crippen LogP contribution in [-0.2, 0) is 6.54 Å². The summed E-state index contributed by atoms with van der Waals surface area (Å²) in [6.07, 6.45) is 0.642. The molecule has 4 aromatic rings. The topological polar surface area (TPSA) is 85.4 Å². The number of nitrogens with one attached hydrogen (secondary N) is 1. The molecule has 1 saturated heterocycles. The van der Waals surface area contributed by atoms with Crippen LogP contribution >= 0.6 is 0 Å². The van der Waals surface area contributed by atoms with Crippen molar-refractivity contribution in [2.24, 2.45) is 0 Å². The van der Waals surface area contributed by atoms with Crippen LogP contribution in [0.25, 0.3) is 27.7 Å². The Kier molecular flexibility index (Phi) is 5.11. The van der Waals surface area contributed by atoms with Crippen LogP contribution in [-0.4, -0.2) is 79.9 Å². The number of fused-ring (bicyclic) bond motifs is 2. The average Bonchev–Trinajstić information content (AvgIpc) is 3.42. The fourth-order valence-corrected chi connectivity index (χ4v) is 4.22. The number of ether oxygens (including phenoxy) is 1. The van der Waals surface area contributed by atoms with Gasteiger partial charge in [-0.1, -0.05) is 11.3 Å². The Morgan fingerprint density at radius 2 is 2.12 bits per heavy atom. The van der Waals surface area contributed by atoms with Crippen LogP contribution in [0, 0.1) is 0 Å². The summed E-state index contributed by atoms with van der Waals surface area (Å²) in [6, 6.07) is 6.28. The van der Waals surface area contributed by atoms with Crippen molar-refractivity contribution in [1.29, 1.82) is 0 Å². The highest BCUT2D eigenvalue weighted by Crippen LogP contribution is 2.34. The normalized spacial score (nSPS) is 19.4. The summed E-state index contributed by atoms with van der Waals surface area (Å²) in [5, 5.41) is 15.2. The smallest absolute Gasteiger partial charge is 0.281 e. The Labute approximate surface area is 187 Å². The molecule has 0 spiro atoms. The first-order chi connectivity index (χ1) is 15.7. The molecule has 1 fully saturated rings. The van der Waals surface area contributed by atoms with E-state index in [9.17, 15) is 13.2 Å². The largest absolute Gasteiger partial charge is 0.479 e. The van der Waals surface area contributed by atoms with E-state index in [0.29, 0.717) is 16.6 Å². The number of likely N-dealkylation sites (N-methyl/N-ethyl adjacent to an activating group) is 1. The molecule has 3 aromatic heterocycles. The monoisotopic (exact) mass is 460 g/mol. The third-order valence-corrected chi connectivity index (χ3v) is 5.71. The zero-order valence-corrected chi connectivity index (χ0v) is 18.3. The van der Waals surface area contributed by atoms with Gasteiger partial charge in [0.05, 0.1) is 25.7 Å². The lowest BCUT2D eigenvalue weighted by atomic mass is 10.1. The number of halogens is 3. The van der Waals surface area contributed by atoms with Crippen LogP contribution in [0.2, 0.25) is 0 Å². The third kappa shape index (κ3) is 3.84. The lowest BCUT2D eigenvalue weighted by Crippen LogP contribution is -2.38. The van der Waals surface area contributed by atoms with Crippen molar-refractivity contribution in [2.45, 2.75) is 31.6 Å². The van der Waals surface area contributed by atoms with E-state index in [-0.39, 0.29) is 31.5 Å². The van der Waals surface area contributed by atoms with Gasteiger partial charge in [-0.15, -0.1) is 10.2 Å². The molecule has 9 nitrogen and oxygen atoms in total. The van der Waals surface area contributed by atoms with Gasteiger partial charge in [0.1, 0.15) is 23.2 Å². The Balaban J connectivity index is 1.54. The Hall–Kier alpha value is -3.41. The van der Waals surface area contributed by atoms with Gasteiger partial charge in [-0.3, -0.25) is 4.90 Å². The number of nitrogens with zero attached hydrogens (tertiary/aromatic N) is 7. The summed E-state index contributed by atoms with van der Waals surface area (Å²) in [4.78, 5) is 5.90. The lowest BCUT2D eigenvalue weighted by Gasteiger charge is -2.19. The Bertz CT molecular complexity index is 1320. The van der Waals surface area contributed by atoms with Gasteiger partial charge in [0.2, 0.25) is 11.8 Å².